The molecule has 6 heteroatoms. The van der Waals surface area contributed by atoms with Crippen LogP contribution >= 0.6 is 31.9 Å². The molecule has 1 N–H and O–H groups in total. The van der Waals surface area contributed by atoms with Gasteiger partial charge in [0.15, 0.2) is 4.67 Å². The Hall–Kier alpha value is -1.40. The number of rotatable bonds is 4. The van der Waals surface area contributed by atoms with Crippen LogP contribution in [0.15, 0.2) is 55.1 Å². The molecule has 0 aliphatic rings. The van der Waals surface area contributed by atoms with Crippen LogP contribution in [-0.2, 0) is 11.2 Å². The summed E-state index contributed by atoms with van der Waals surface area (Å²) in [5.74, 6) is 0.389. The molecule has 0 fully saturated rings. The van der Waals surface area contributed by atoms with Gasteiger partial charge in [-0.1, -0.05) is 28.1 Å². The molecule has 4 nitrogen and oxygen atoms in total. The predicted molar refractivity (Wildman–Crippen MR) is 80.0 cm³/mol. The number of furan rings is 1. The third-order valence-corrected chi connectivity index (χ3v) is 3.21. The van der Waals surface area contributed by atoms with Crippen molar-refractivity contribution in [1.82, 2.24) is 5.43 Å². The van der Waals surface area contributed by atoms with Gasteiger partial charge in [-0.3, -0.25) is 4.79 Å². The minimum absolute atomic E-state index is 0.177. The highest BCUT2D eigenvalue weighted by molar-refractivity contribution is 9.10. The summed E-state index contributed by atoms with van der Waals surface area (Å²) in [7, 11) is 0. The molecule has 0 bridgehead atoms. The van der Waals surface area contributed by atoms with Gasteiger partial charge in [0.05, 0.1) is 12.6 Å². The van der Waals surface area contributed by atoms with E-state index in [0.29, 0.717) is 10.4 Å². The molecular weight excluding hydrogens is 376 g/mol. The second kappa shape index (κ2) is 6.68. The van der Waals surface area contributed by atoms with Crippen LogP contribution in [0, 0.1) is 0 Å². The minimum Gasteiger partial charge on any atom is -0.448 e. The van der Waals surface area contributed by atoms with Crippen molar-refractivity contribution in [2.24, 2.45) is 5.10 Å². The van der Waals surface area contributed by atoms with Gasteiger partial charge in [0.1, 0.15) is 5.76 Å². The van der Waals surface area contributed by atoms with Crippen LogP contribution in [0.25, 0.3) is 0 Å². The molecule has 1 amide bonds. The van der Waals surface area contributed by atoms with Crippen molar-refractivity contribution in [2.45, 2.75) is 6.42 Å². The number of hydrazone groups is 1. The number of halogens is 2. The van der Waals surface area contributed by atoms with Crippen LogP contribution in [0.1, 0.15) is 11.3 Å². The Morgan fingerprint density at radius 3 is 2.58 bits per heavy atom. The number of carbonyl (C=O) groups is 1. The number of nitrogens with one attached hydrogen (secondary N) is 1. The normalized spacial score (nSPS) is 10.8. The quantitative estimate of drug-likeness (QED) is 0.646. The van der Waals surface area contributed by atoms with Gasteiger partial charge < -0.3 is 4.42 Å². The van der Waals surface area contributed by atoms with Gasteiger partial charge in [-0.05, 0) is 45.8 Å². The molecule has 1 aromatic carbocycles. The molecule has 0 aliphatic heterocycles. The van der Waals surface area contributed by atoms with Crippen LogP contribution < -0.4 is 5.43 Å². The standard InChI is InChI=1S/C13H10Br2N2O2/c14-10-3-1-9(2-4-10)7-13(18)17-16-8-11-5-6-12(15)19-11/h1-6,8H,7H2,(H,17,18). The summed E-state index contributed by atoms with van der Waals surface area (Å²) >= 11 is 6.53. The zero-order valence-corrected chi connectivity index (χ0v) is 12.9. The predicted octanol–water partition coefficient (Wildman–Crippen LogP) is 3.50. The Morgan fingerprint density at radius 2 is 1.95 bits per heavy atom. The number of benzene rings is 1. The topological polar surface area (TPSA) is 54.6 Å². The van der Waals surface area contributed by atoms with Crippen molar-refractivity contribution in [3.05, 3.63) is 56.9 Å². The second-order valence-electron chi connectivity index (χ2n) is 3.74. The SMILES string of the molecule is O=C(Cc1ccc(Br)cc1)NN=Cc1ccc(Br)o1. The Labute approximate surface area is 127 Å². The average molecular weight is 386 g/mol. The molecule has 0 atom stereocenters. The van der Waals surface area contributed by atoms with E-state index in [1.54, 1.807) is 12.1 Å². The third-order valence-electron chi connectivity index (χ3n) is 2.25. The first kappa shape index (κ1) is 14.0. The van der Waals surface area contributed by atoms with Crippen LogP contribution in [0.2, 0.25) is 0 Å². The Kier molecular flexibility index (Phi) is 4.93. The number of amides is 1. The first-order valence-corrected chi connectivity index (χ1v) is 7.04. The van der Waals surface area contributed by atoms with Crippen molar-refractivity contribution in [2.75, 3.05) is 0 Å². The Bertz CT molecular complexity index is 591. The van der Waals surface area contributed by atoms with Gasteiger partial charge >= 0.3 is 0 Å². The van der Waals surface area contributed by atoms with Gasteiger partial charge in [-0.25, -0.2) is 5.43 Å². The zero-order chi connectivity index (χ0) is 13.7. The van der Waals surface area contributed by atoms with Crippen molar-refractivity contribution in [3.63, 3.8) is 0 Å². The largest absolute Gasteiger partial charge is 0.448 e. The first-order chi connectivity index (χ1) is 9.13. The van der Waals surface area contributed by atoms with E-state index in [2.05, 4.69) is 42.4 Å². The van der Waals surface area contributed by atoms with Crippen LogP contribution in [0.4, 0.5) is 0 Å². The van der Waals surface area contributed by atoms with Gasteiger partial charge in [-0.2, -0.15) is 5.10 Å². The lowest BCUT2D eigenvalue weighted by atomic mass is 10.1. The zero-order valence-electron chi connectivity index (χ0n) is 9.77. The summed E-state index contributed by atoms with van der Waals surface area (Å²) in [5.41, 5.74) is 3.37. The molecule has 0 unspecified atom stereocenters. The van der Waals surface area contributed by atoms with E-state index in [4.69, 9.17) is 4.42 Å². The van der Waals surface area contributed by atoms with E-state index >= 15 is 0 Å². The van der Waals surface area contributed by atoms with Gasteiger partial charge in [0.2, 0.25) is 5.91 Å². The van der Waals surface area contributed by atoms with E-state index in [1.807, 2.05) is 24.3 Å². The number of hydrogen-bond donors (Lipinski definition) is 1. The lowest BCUT2D eigenvalue weighted by Gasteiger charge is -2.00. The summed E-state index contributed by atoms with van der Waals surface area (Å²) < 4.78 is 6.81. The molecule has 2 rings (SSSR count). The first-order valence-electron chi connectivity index (χ1n) is 5.45. The minimum atomic E-state index is -0.177. The van der Waals surface area contributed by atoms with E-state index in [-0.39, 0.29) is 12.3 Å². The number of nitrogens with zero attached hydrogens (tertiary/aromatic N) is 1. The maximum atomic E-state index is 11.6. The van der Waals surface area contributed by atoms with Crippen LogP contribution in [0.5, 0.6) is 0 Å². The number of carbonyl (C=O) groups excluding carboxylic acids is 1. The van der Waals surface area contributed by atoms with Gasteiger partial charge in [0.25, 0.3) is 0 Å². The highest BCUT2D eigenvalue weighted by Gasteiger charge is 2.02. The molecule has 1 heterocycles. The molecule has 0 saturated heterocycles. The molecule has 19 heavy (non-hydrogen) atoms. The average Bonchev–Trinajstić information content (AvgIpc) is 2.78. The lowest BCUT2D eigenvalue weighted by molar-refractivity contribution is -0.120. The van der Waals surface area contributed by atoms with E-state index < -0.39 is 0 Å². The molecule has 0 spiro atoms. The Morgan fingerprint density at radius 1 is 1.21 bits per heavy atom. The lowest BCUT2D eigenvalue weighted by Crippen LogP contribution is -2.19. The summed E-state index contributed by atoms with van der Waals surface area (Å²) in [6.07, 6.45) is 1.73. The third kappa shape index (κ3) is 4.65. The maximum Gasteiger partial charge on any atom is 0.244 e. The highest BCUT2D eigenvalue weighted by Crippen LogP contribution is 2.12. The van der Waals surface area contributed by atoms with E-state index in [9.17, 15) is 4.79 Å². The van der Waals surface area contributed by atoms with Crippen LogP contribution in [-0.4, -0.2) is 12.1 Å². The number of hydrogen-bond acceptors (Lipinski definition) is 3. The summed E-state index contributed by atoms with van der Waals surface area (Å²) in [5, 5.41) is 3.82. The van der Waals surface area contributed by atoms with Crippen LogP contribution in [0.3, 0.4) is 0 Å². The van der Waals surface area contributed by atoms with Crippen molar-refractivity contribution < 1.29 is 9.21 Å². The Balaban J connectivity index is 1.84. The maximum absolute atomic E-state index is 11.6. The molecule has 2 aromatic rings. The smallest absolute Gasteiger partial charge is 0.244 e. The monoisotopic (exact) mass is 384 g/mol. The van der Waals surface area contributed by atoms with Gasteiger partial charge in [-0.15, -0.1) is 0 Å². The van der Waals surface area contributed by atoms with E-state index in [1.165, 1.54) is 6.21 Å². The summed E-state index contributed by atoms with van der Waals surface area (Å²) in [6, 6.07) is 11.1. The molecule has 98 valence electrons. The molecule has 1 aromatic heterocycles. The molecule has 0 aliphatic carbocycles. The molecular formula is C13H10Br2N2O2. The highest BCUT2D eigenvalue weighted by atomic mass is 79.9. The fourth-order valence-electron chi connectivity index (χ4n) is 1.39. The molecule has 0 radical (unpaired) electrons. The second-order valence-corrected chi connectivity index (χ2v) is 5.44. The fraction of sp³-hybridized carbons (Fsp3) is 0.0769. The molecule has 0 saturated carbocycles. The van der Waals surface area contributed by atoms with Crippen molar-refractivity contribution in [1.29, 1.82) is 0 Å². The van der Waals surface area contributed by atoms with Crippen molar-refractivity contribution in [3.8, 4) is 0 Å². The summed E-state index contributed by atoms with van der Waals surface area (Å²) in [6.45, 7) is 0. The van der Waals surface area contributed by atoms with Crippen molar-refractivity contribution >= 4 is 44.0 Å². The summed E-state index contributed by atoms with van der Waals surface area (Å²) in [4.78, 5) is 11.6. The van der Waals surface area contributed by atoms with Gasteiger partial charge in [0, 0.05) is 4.47 Å². The van der Waals surface area contributed by atoms with E-state index in [0.717, 1.165) is 10.0 Å². The fourth-order valence-corrected chi connectivity index (χ4v) is 1.98.